The third-order valence-corrected chi connectivity index (χ3v) is 6.09. The van der Waals surface area contributed by atoms with Gasteiger partial charge < -0.3 is 5.32 Å². The van der Waals surface area contributed by atoms with E-state index in [0.29, 0.717) is 0 Å². The van der Waals surface area contributed by atoms with Crippen LogP contribution in [-0.2, 0) is 35.7 Å². The molecule has 2 aromatic rings. The number of carbonyl (C=O) groups is 1. The molecule has 4 rings (SSSR count). The molecule has 25 heavy (non-hydrogen) atoms. The van der Waals surface area contributed by atoms with E-state index in [1.54, 1.807) is 6.20 Å². The number of fused-ring (bicyclic) bond motifs is 2. The van der Waals surface area contributed by atoms with E-state index in [4.69, 9.17) is 0 Å². The van der Waals surface area contributed by atoms with Crippen LogP contribution in [0.2, 0.25) is 0 Å². The maximum absolute atomic E-state index is 12.4. The summed E-state index contributed by atoms with van der Waals surface area (Å²) in [7, 11) is -4.00. The molecule has 0 radical (unpaired) electrons. The number of rotatable bonds is 4. The smallest absolute Gasteiger partial charge is 0.307 e. The van der Waals surface area contributed by atoms with Crippen molar-refractivity contribution in [2.24, 2.45) is 0 Å². The molecule has 2 amide bonds. The fraction of sp³-hybridized carbons (Fsp3) is 0.412. The van der Waals surface area contributed by atoms with Crippen molar-refractivity contribution >= 4 is 21.7 Å². The van der Waals surface area contributed by atoms with Crippen LogP contribution in [0.1, 0.15) is 42.1 Å². The Bertz CT molecular complexity index is 946. The zero-order chi connectivity index (χ0) is 17.8. The summed E-state index contributed by atoms with van der Waals surface area (Å²) in [6, 6.07) is 2.89. The quantitative estimate of drug-likeness (QED) is 0.874. The lowest BCUT2D eigenvalue weighted by atomic mass is 9.76. The van der Waals surface area contributed by atoms with Crippen LogP contribution in [0.15, 0.2) is 23.4 Å². The van der Waals surface area contributed by atoms with Gasteiger partial charge in [0.25, 0.3) is 10.0 Å². The van der Waals surface area contributed by atoms with E-state index in [9.17, 15) is 13.2 Å². The molecular weight excluding hydrogens is 340 g/mol. The molecule has 0 saturated heterocycles. The second-order valence-electron chi connectivity index (χ2n) is 6.81. The Labute approximate surface area is 146 Å². The van der Waals surface area contributed by atoms with Gasteiger partial charge in [-0.1, -0.05) is 6.07 Å². The van der Waals surface area contributed by atoms with Crippen molar-refractivity contribution < 1.29 is 13.2 Å². The van der Waals surface area contributed by atoms with Crippen LogP contribution in [0.4, 0.5) is 10.5 Å². The average Bonchev–Trinajstić information content (AvgIpc) is 2.94. The van der Waals surface area contributed by atoms with E-state index in [0.717, 1.165) is 42.5 Å². The summed E-state index contributed by atoms with van der Waals surface area (Å²) in [4.78, 5) is 12.3. The Morgan fingerprint density at radius 3 is 2.28 bits per heavy atom. The zero-order valence-electron chi connectivity index (χ0n) is 14.2. The minimum absolute atomic E-state index is 0.0415. The Morgan fingerprint density at radius 2 is 1.80 bits per heavy atom. The first kappa shape index (κ1) is 16.1. The molecular formula is C17H20N4O3S. The second-order valence-corrected chi connectivity index (χ2v) is 8.44. The second kappa shape index (κ2) is 5.59. The molecule has 2 N–H and O–H groups in total. The van der Waals surface area contributed by atoms with Crippen molar-refractivity contribution in [2.75, 3.05) is 5.32 Å². The van der Waals surface area contributed by atoms with Crippen molar-refractivity contribution in [3.63, 3.8) is 0 Å². The number of aryl methyl sites for hydroxylation is 2. The number of hydrogen-bond acceptors (Lipinski definition) is 4. The van der Waals surface area contributed by atoms with Crippen LogP contribution in [0.25, 0.3) is 0 Å². The van der Waals surface area contributed by atoms with Gasteiger partial charge in [0.05, 0.1) is 0 Å². The summed E-state index contributed by atoms with van der Waals surface area (Å²) in [5, 5.41) is 6.61. The Hall–Kier alpha value is -2.35. The molecule has 2 aliphatic carbocycles. The Morgan fingerprint density at radius 1 is 1.16 bits per heavy atom. The largest absolute Gasteiger partial charge is 0.333 e. The fourth-order valence-corrected chi connectivity index (χ4v) is 4.13. The molecule has 0 spiro atoms. The first-order valence-corrected chi connectivity index (χ1v) is 9.89. The molecule has 0 fully saturated rings. The van der Waals surface area contributed by atoms with Gasteiger partial charge in [0.2, 0.25) is 0 Å². The molecule has 0 aliphatic heterocycles. The van der Waals surface area contributed by atoms with Gasteiger partial charge in [0, 0.05) is 17.9 Å². The van der Waals surface area contributed by atoms with E-state index in [-0.39, 0.29) is 11.1 Å². The molecule has 1 aromatic carbocycles. The van der Waals surface area contributed by atoms with Gasteiger partial charge in [0.15, 0.2) is 5.03 Å². The van der Waals surface area contributed by atoms with E-state index in [2.05, 4.69) is 21.2 Å². The molecule has 2 aliphatic rings. The van der Waals surface area contributed by atoms with Gasteiger partial charge in [-0.15, -0.1) is 0 Å². The van der Waals surface area contributed by atoms with Crippen molar-refractivity contribution in [1.82, 2.24) is 14.5 Å². The topological polar surface area (TPSA) is 93.1 Å². The number of nitrogens with one attached hydrogen (secondary N) is 2. The molecule has 0 saturated carbocycles. The van der Waals surface area contributed by atoms with Gasteiger partial charge in [-0.3, -0.25) is 4.68 Å². The SMILES string of the molecule is CC(C)n1ccc(S(=O)(=O)NC(=O)Nc2c3c(cc4c2CC4)CC3)n1. The number of sulfonamides is 1. The lowest BCUT2D eigenvalue weighted by molar-refractivity contribution is 0.256. The predicted molar refractivity (Wildman–Crippen MR) is 93.2 cm³/mol. The van der Waals surface area contributed by atoms with Crippen LogP contribution in [0, 0.1) is 0 Å². The summed E-state index contributed by atoms with van der Waals surface area (Å²) in [6.07, 6.45) is 5.46. The number of nitrogens with zero attached hydrogens (tertiary/aromatic N) is 2. The maximum Gasteiger partial charge on any atom is 0.333 e. The number of benzene rings is 1. The predicted octanol–water partition coefficient (Wildman–Crippen LogP) is 2.17. The first-order valence-electron chi connectivity index (χ1n) is 8.40. The third-order valence-electron chi connectivity index (χ3n) is 4.87. The van der Waals surface area contributed by atoms with Gasteiger partial charge in [-0.25, -0.2) is 9.52 Å². The van der Waals surface area contributed by atoms with Crippen LogP contribution in [0.3, 0.4) is 0 Å². The monoisotopic (exact) mass is 360 g/mol. The molecule has 7 nitrogen and oxygen atoms in total. The minimum Gasteiger partial charge on any atom is -0.307 e. The van der Waals surface area contributed by atoms with Crippen LogP contribution < -0.4 is 10.0 Å². The molecule has 0 bridgehead atoms. The van der Waals surface area contributed by atoms with E-state index < -0.39 is 16.1 Å². The summed E-state index contributed by atoms with van der Waals surface area (Å²) >= 11 is 0. The lowest BCUT2D eigenvalue weighted by Gasteiger charge is -2.32. The van der Waals surface area contributed by atoms with Crippen LogP contribution >= 0.6 is 0 Å². The van der Waals surface area contributed by atoms with Crippen molar-refractivity contribution in [3.05, 3.63) is 40.6 Å². The summed E-state index contributed by atoms with van der Waals surface area (Å²) in [5.74, 6) is 0. The fourth-order valence-electron chi connectivity index (χ4n) is 3.29. The highest BCUT2D eigenvalue weighted by Crippen LogP contribution is 2.40. The van der Waals surface area contributed by atoms with Crippen LogP contribution in [0.5, 0.6) is 0 Å². The van der Waals surface area contributed by atoms with Crippen LogP contribution in [-0.4, -0.2) is 24.2 Å². The number of carbonyl (C=O) groups excluding carboxylic acids is 1. The van der Waals surface area contributed by atoms with E-state index in [1.807, 2.05) is 13.8 Å². The number of hydrogen-bond donors (Lipinski definition) is 2. The summed E-state index contributed by atoms with van der Waals surface area (Å²) in [5.41, 5.74) is 5.58. The summed E-state index contributed by atoms with van der Waals surface area (Å²) in [6.45, 7) is 3.79. The summed E-state index contributed by atoms with van der Waals surface area (Å²) < 4.78 is 28.3. The van der Waals surface area contributed by atoms with Gasteiger partial charge in [-0.05, 0) is 67.9 Å². The average molecular weight is 360 g/mol. The zero-order valence-corrected chi connectivity index (χ0v) is 15.0. The molecule has 0 unspecified atom stereocenters. The third kappa shape index (κ3) is 2.70. The highest BCUT2D eigenvalue weighted by Gasteiger charge is 2.29. The number of aromatic nitrogens is 2. The maximum atomic E-state index is 12.4. The van der Waals surface area contributed by atoms with Crippen molar-refractivity contribution in [2.45, 2.75) is 50.6 Å². The molecule has 1 heterocycles. The Kier molecular flexibility index (Phi) is 3.61. The van der Waals surface area contributed by atoms with Crippen molar-refractivity contribution in [1.29, 1.82) is 0 Å². The first-order chi connectivity index (χ1) is 11.8. The minimum atomic E-state index is -4.00. The Balaban J connectivity index is 1.53. The normalized spacial score (nSPS) is 15.0. The molecule has 8 heteroatoms. The molecule has 132 valence electrons. The van der Waals surface area contributed by atoms with Crippen molar-refractivity contribution in [3.8, 4) is 0 Å². The van der Waals surface area contributed by atoms with Gasteiger partial charge >= 0.3 is 6.03 Å². The van der Waals surface area contributed by atoms with E-state index >= 15 is 0 Å². The number of urea groups is 1. The molecule has 1 aromatic heterocycles. The van der Waals surface area contributed by atoms with Gasteiger partial charge in [0.1, 0.15) is 0 Å². The van der Waals surface area contributed by atoms with E-state index in [1.165, 1.54) is 21.9 Å². The number of amides is 2. The number of anilines is 1. The highest BCUT2D eigenvalue weighted by molar-refractivity contribution is 7.90. The highest BCUT2D eigenvalue weighted by atomic mass is 32.2. The standard InChI is InChI=1S/C17H20N4O3S/c1-10(2)21-8-7-15(19-21)25(23,24)20-17(22)18-16-13-5-3-11(13)9-12-4-6-14(12)16/h7-10H,3-6H2,1-2H3,(H2,18,20,22). The van der Waals surface area contributed by atoms with Gasteiger partial charge in [-0.2, -0.15) is 13.5 Å². The lowest BCUT2D eigenvalue weighted by Crippen LogP contribution is -2.36. The molecule has 0 atom stereocenters.